The van der Waals surface area contributed by atoms with Crippen LogP contribution in [0.4, 0.5) is 4.39 Å². The number of aromatic nitrogens is 3. The highest BCUT2D eigenvalue weighted by molar-refractivity contribution is 6.34. The van der Waals surface area contributed by atoms with Crippen molar-refractivity contribution in [1.82, 2.24) is 19.7 Å². The Balaban J connectivity index is 0.000000212. The highest BCUT2D eigenvalue weighted by atomic mass is 19.1. The number of aryl methyl sites for hydroxylation is 2. The number of aliphatic hydroxyl groups is 2. The minimum atomic E-state index is -2.10. The van der Waals surface area contributed by atoms with E-state index in [-0.39, 0.29) is 28.8 Å². The van der Waals surface area contributed by atoms with Crippen molar-refractivity contribution in [3.05, 3.63) is 89.1 Å². The van der Waals surface area contributed by atoms with Gasteiger partial charge in [-0.2, -0.15) is 5.10 Å². The van der Waals surface area contributed by atoms with E-state index in [2.05, 4.69) is 31.8 Å². The third-order valence-electron chi connectivity index (χ3n) is 5.21. The molecule has 0 saturated carbocycles. The molecule has 174 valence electrons. The normalized spacial score (nSPS) is 16.3. The molecular formula is C24H21B4FN4O3. The van der Waals surface area contributed by atoms with Crippen molar-refractivity contribution < 1.29 is 19.4 Å². The Morgan fingerprint density at radius 2 is 1.83 bits per heavy atom. The first-order chi connectivity index (χ1) is 16.9. The van der Waals surface area contributed by atoms with Gasteiger partial charge in [0, 0.05) is 30.4 Å². The predicted octanol–water partition coefficient (Wildman–Crippen LogP) is 0.423. The quantitative estimate of drug-likeness (QED) is 0.410. The summed E-state index contributed by atoms with van der Waals surface area (Å²) < 4.78 is 15.8. The lowest BCUT2D eigenvalue weighted by atomic mass is 9.83. The van der Waals surface area contributed by atoms with E-state index in [0.29, 0.717) is 0 Å². The van der Waals surface area contributed by atoms with Gasteiger partial charge in [0.15, 0.2) is 7.85 Å². The van der Waals surface area contributed by atoms with Crippen LogP contribution in [0.2, 0.25) is 0 Å². The number of carbonyl (C=O) groups is 1. The van der Waals surface area contributed by atoms with Gasteiger partial charge in [-0.25, -0.2) is 4.39 Å². The van der Waals surface area contributed by atoms with Gasteiger partial charge in [-0.15, -0.1) is 0 Å². The van der Waals surface area contributed by atoms with Gasteiger partial charge in [-0.05, 0) is 30.5 Å². The molecule has 2 N–H and O–H groups in total. The summed E-state index contributed by atoms with van der Waals surface area (Å²) in [6.07, 6.45) is 3.31. The maximum atomic E-state index is 14.0. The van der Waals surface area contributed by atoms with Crippen LogP contribution in [0.15, 0.2) is 60.9 Å². The molecule has 1 atom stereocenters. The second-order valence-corrected chi connectivity index (χ2v) is 8.23. The van der Waals surface area contributed by atoms with Crippen LogP contribution in [0.1, 0.15) is 27.2 Å². The largest absolute Gasteiger partial charge is 0.412 e. The highest BCUT2D eigenvalue weighted by Gasteiger charge is 2.45. The topological polar surface area (TPSA) is 91.5 Å². The standard InChI is InChI=1S/C15H11B2FN2O2.C8H8N2.CH2B2O/c1-8-2-3-9(12(18)4-8)7-20-14(21)11-5-10(16)6-19-13(11)15(20,17)22;1-10-6-7-4-2-3-5-8(7)9-10;2-1(3)4/h2-6,22H,7H2,1H3;2-6H,1H3;1,4H. The Hall–Kier alpha value is -3.36. The van der Waals surface area contributed by atoms with Gasteiger partial charge in [-0.1, -0.05) is 41.9 Å². The van der Waals surface area contributed by atoms with E-state index < -0.39 is 23.3 Å². The summed E-state index contributed by atoms with van der Waals surface area (Å²) in [6.45, 7) is 1.59. The van der Waals surface area contributed by atoms with Crippen LogP contribution in [-0.4, -0.2) is 73.1 Å². The third kappa shape index (κ3) is 6.25. The van der Waals surface area contributed by atoms with Crippen LogP contribution < -0.4 is 5.46 Å². The fraction of sp³-hybridized carbons (Fsp3) is 0.208. The van der Waals surface area contributed by atoms with Gasteiger partial charge in [0.2, 0.25) is 0 Å². The van der Waals surface area contributed by atoms with Crippen molar-refractivity contribution in [3.63, 3.8) is 0 Å². The Kier molecular flexibility index (Phi) is 8.43. The number of amides is 1. The van der Waals surface area contributed by atoms with Crippen LogP contribution in [-0.2, 0) is 19.2 Å². The molecule has 12 heteroatoms. The van der Waals surface area contributed by atoms with Gasteiger partial charge in [-0.3, -0.25) is 14.5 Å². The maximum absolute atomic E-state index is 14.0. The molecule has 2 aromatic heterocycles. The molecule has 0 saturated heterocycles. The van der Waals surface area contributed by atoms with E-state index in [1.807, 2.05) is 36.1 Å². The van der Waals surface area contributed by atoms with Crippen molar-refractivity contribution in [3.8, 4) is 0 Å². The fourth-order valence-electron chi connectivity index (χ4n) is 3.60. The van der Waals surface area contributed by atoms with Crippen LogP contribution in [0.5, 0.6) is 0 Å². The van der Waals surface area contributed by atoms with E-state index in [1.165, 1.54) is 23.7 Å². The Bertz CT molecular complexity index is 1340. The number of nitrogens with zero attached hydrogens (tertiary/aromatic N) is 4. The molecule has 1 aliphatic heterocycles. The molecule has 36 heavy (non-hydrogen) atoms. The first kappa shape index (κ1) is 27.2. The zero-order chi connectivity index (χ0) is 26.6. The number of carbonyl (C=O) groups excluding carboxylic acids is 1. The summed E-state index contributed by atoms with van der Waals surface area (Å²) in [5.41, 5.74) is 0.392. The summed E-state index contributed by atoms with van der Waals surface area (Å²) in [5.74, 6) is -2.17. The van der Waals surface area contributed by atoms with Crippen molar-refractivity contribution in [2.45, 2.75) is 25.0 Å². The molecular weight excluding hydrogens is 455 g/mol. The number of halogens is 1. The van der Waals surface area contributed by atoms with Gasteiger partial charge in [0.05, 0.1) is 39.0 Å². The molecule has 0 spiro atoms. The number of rotatable bonds is 2. The maximum Gasteiger partial charge on any atom is 0.258 e. The summed E-state index contributed by atoms with van der Waals surface area (Å²) in [7, 11) is 22.3. The number of aliphatic hydroxyl groups excluding tert-OH is 1. The third-order valence-corrected chi connectivity index (χ3v) is 5.21. The lowest BCUT2D eigenvalue weighted by Gasteiger charge is -2.31. The van der Waals surface area contributed by atoms with Crippen molar-refractivity contribution in [2.24, 2.45) is 7.05 Å². The number of pyridine rings is 1. The van der Waals surface area contributed by atoms with Crippen molar-refractivity contribution >= 4 is 53.7 Å². The lowest BCUT2D eigenvalue weighted by molar-refractivity contribution is -0.0227. The summed E-state index contributed by atoms with van der Waals surface area (Å²) in [5, 5.41) is 23.5. The monoisotopic (exact) mass is 476 g/mol. The molecule has 1 aliphatic rings. The average Bonchev–Trinajstić information content (AvgIpc) is 3.25. The summed E-state index contributed by atoms with van der Waals surface area (Å²) >= 11 is 0. The van der Waals surface area contributed by atoms with E-state index in [0.717, 1.165) is 16.0 Å². The molecule has 3 heterocycles. The molecule has 1 amide bonds. The molecule has 0 bridgehead atoms. The molecule has 0 aliphatic carbocycles. The zero-order valence-corrected chi connectivity index (χ0v) is 19.8. The molecule has 1 unspecified atom stereocenters. The second kappa shape index (κ2) is 11.1. The smallest absolute Gasteiger partial charge is 0.258 e. The number of hydrogen-bond donors (Lipinski definition) is 2. The van der Waals surface area contributed by atoms with Gasteiger partial charge >= 0.3 is 0 Å². The zero-order valence-electron chi connectivity index (χ0n) is 19.8. The molecule has 2 aromatic carbocycles. The Morgan fingerprint density at radius 3 is 2.47 bits per heavy atom. The van der Waals surface area contributed by atoms with Crippen LogP contribution >= 0.6 is 0 Å². The summed E-state index contributed by atoms with van der Waals surface area (Å²) in [4.78, 5) is 17.3. The Labute approximate surface area is 214 Å². The highest BCUT2D eigenvalue weighted by Crippen LogP contribution is 2.34. The van der Waals surface area contributed by atoms with Crippen molar-refractivity contribution in [1.29, 1.82) is 0 Å². The van der Waals surface area contributed by atoms with E-state index in [9.17, 15) is 14.3 Å². The minimum Gasteiger partial charge on any atom is -0.412 e. The molecule has 5 rings (SSSR count). The van der Waals surface area contributed by atoms with E-state index >= 15 is 0 Å². The fourth-order valence-corrected chi connectivity index (χ4v) is 3.60. The lowest BCUT2D eigenvalue weighted by Crippen LogP contribution is -2.44. The number of benzene rings is 2. The van der Waals surface area contributed by atoms with Crippen LogP contribution in [0.3, 0.4) is 0 Å². The Morgan fingerprint density at radius 1 is 1.17 bits per heavy atom. The molecule has 7 nitrogen and oxygen atoms in total. The van der Waals surface area contributed by atoms with Gasteiger partial charge in [0.1, 0.15) is 19.3 Å². The number of fused-ring (bicyclic) bond motifs is 2. The number of hydrogen-bond acceptors (Lipinski definition) is 5. The predicted molar refractivity (Wildman–Crippen MR) is 139 cm³/mol. The van der Waals surface area contributed by atoms with Crippen molar-refractivity contribution in [2.75, 3.05) is 0 Å². The summed E-state index contributed by atoms with van der Waals surface area (Å²) in [6, 6.07) is 14.1. The minimum absolute atomic E-state index is 0.0132. The van der Waals surface area contributed by atoms with Crippen LogP contribution in [0, 0.1) is 12.7 Å². The molecule has 0 fully saturated rings. The molecule has 4 aromatic rings. The van der Waals surface area contributed by atoms with Gasteiger partial charge < -0.3 is 15.1 Å². The first-order valence-corrected chi connectivity index (χ1v) is 10.8. The first-order valence-electron chi connectivity index (χ1n) is 10.8. The van der Waals surface area contributed by atoms with Gasteiger partial charge in [0.25, 0.3) is 5.91 Å². The van der Waals surface area contributed by atoms with E-state index in [4.69, 9.17) is 20.8 Å². The second-order valence-electron chi connectivity index (χ2n) is 8.23. The average molecular weight is 476 g/mol. The molecule has 8 radical (unpaired) electrons. The SMILES string of the molecule is Cn1cc2ccccc2n1.[B]C([B])O.[B]c1cnc2c(c1)C(=O)N(Cc1ccc(C)cc1F)C2([B])O. The van der Waals surface area contributed by atoms with Crippen LogP contribution in [0.25, 0.3) is 10.9 Å². The van der Waals surface area contributed by atoms with E-state index in [1.54, 1.807) is 19.1 Å².